The highest BCUT2D eigenvalue weighted by Crippen LogP contribution is 1.84. The van der Waals surface area contributed by atoms with Crippen molar-refractivity contribution in [3.05, 3.63) is 0 Å². The molecule has 66 valence electrons. The predicted molar refractivity (Wildman–Crippen MR) is 45.4 cm³/mol. The fourth-order valence-corrected chi connectivity index (χ4v) is 0.376. The Bertz CT molecular complexity index is 123. The molecule has 0 aliphatic rings. The zero-order valence-electron chi connectivity index (χ0n) is 6.66. The summed E-state index contributed by atoms with van der Waals surface area (Å²) in [4.78, 5) is 19.4. The van der Waals surface area contributed by atoms with Crippen LogP contribution in [0.5, 0.6) is 0 Å². The molecule has 0 aromatic carbocycles. The van der Waals surface area contributed by atoms with E-state index in [0.29, 0.717) is 12.2 Å². The Hall–Kier alpha value is -0.710. The van der Waals surface area contributed by atoms with E-state index in [0.717, 1.165) is 0 Å². The Kier molecular flexibility index (Phi) is 10.9. The summed E-state index contributed by atoms with van der Waals surface area (Å²) in [6.07, 6.45) is 0.402. The van der Waals surface area contributed by atoms with Gasteiger partial charge in [-0.1, -0.05) is 0 Å². The molecule has 4 nitrogen and oxygen atoms in total. The zero-order chi connectivity index (χ0) is 9.28. The maximum absolute atomic E-state index is 10.1. The largest absolute Gasteiger partial charge is 0.469 e. The summed E-state index contributed by atoms with van der Waals surface area (Å²) >= 11 is 3.81. The van der Waals surface area contributed by atoms with Gasteiger partial charge in [-0.25, -0.2) is 0 Å². The average molecular weight is 179 g/mol. The highest BCUT2D eigenvalue weighted by molar-refractivity contribution is 7.80. The average Bonchev–Trinajstić information content (AvgIpc) is 1.87. The Morgan fingerprint density at radius 2 is 1.91 bits per heavy atom. The van der Waals surface area contributed by atoms with Gasteiger partial charge in [-0.15, -0.1) is 0 Å². The second-order valence-electron chi connectivity index (χ2n) is 1.66. The molecule has 11 heavy (non-hydrogen) atoms. The van der Waals surface area contributed by atoms with Crippen molar-refractivity contribution in [1.82, 2.24) is 0 Å². The van der Waals surface area contributed by atoms with Gasteiger partial charge >= 0.3 is 5.97 Å². The standard InChI is InChI=1S/C4H8O2S.C2H5NO/c1-6-4(5)2-3-7;1-2(3)4/h7H,2-3H2,1H3;1H3,(H2,3,4). The molecule has 0 saturated heterocycles. The van der Waals surface area contributed by atoms with Crippen LogP contribution in [-0.2, 0) is 14.3 Å². The van der Waals surface area contributed by atoms with Crippen LogP contribution in [0, 0.1) is 0 Å². The minimum absolute atomic E-state index is 0.199. The molecule has 0 fully saturated rings. The number of hydrogen-bond donors (Lipinski definition) is 2. The van der Waals surface area contributed by atoms with E-state index in [2.05, 4.69) is 23.1 Å². The molecule has 0 unspecified atom stereocenters. The van der Waals surface area contributed by atoms with E-state index in [-0.39, 0.29) is 11.9 Å². The molecule has 0 rings (SSSR count). The first-order chi connectivity index (χ1) is 5.04. The van der Waals surface area contributed by atoms with Gasteiger partial charge in [0.15, 0.2) is 0 Å². The third-order valence-electron chi connectivity index (χ3n) is 0.544. The Balaban J connectivity index is 0. The maximum atomic E-state index is 10.1. The number of ether oxygens (including phenoxy) is 1. The third kappa shape index (κ3) is 26.8. The van der Waals surface area contributed by atoms with Crippen LogP contribution < -0.4 is 5.73 Å². The lowest BCUT2D eigenvalue weighted by molar-refractivity contribution is -0.140. The van der Waals surface area contributed by atoms with Gasteiger partial charge in [0.1, 0.15) is 0 Å². The predicted octanol–water partition coefficient (Wildman–Crippen LogP) is -0.0291. The van der Waals surface area contributed by atoms with Gasteiger partial charge < -0.3 is 10.5 Å². The molecule has 0 radical (unpaired) electrons. The minimum atomic E-state index is -0.333. The van der Waals surface area contributed by atoms with E-state index >= 15 is 0 Å². The number of primary amides is 1. The summed E-state index contributed by atoms with van der Waals surface area (Å²) in [6.45, 7) is 1.31. The molecule has 0 aromatic rings. The number of methoxy groups -OCH3 is 1. The van der Waals surface area contributed by atoms with Gasteiger partial charge in [-0.2, -0.15) is 12.6 Å². The second-order valence-corrected chi connectivity index (χ2v) is 2.11. The van der Waals surface area contributed by atoms with E-state index < -0.39 is 0 Å². The van der Waals surface area contributed by atoms with E-state index in [1.165, 1.54) is 14.0 Å². The number of amides is 1. The molecule has 0 saturated carbocycles. The van der Waals surface area contributed by atoms with Crippen LogP contribution >= 0.6 is 12.6 Å². The summed E-state index contributed by atoms with van der Waals surface area (Å²) in [5.41, 5.74) is 4.47. The third-order valence-corrected chi connectivity index (χ3v) is 0.767. The summed E-state index contributed by atoms with van der Waals surface area (Å²) < 4.78 is 4.30. The first-order valence-electron chi connectivity index (χ1n) is 2.98. The van der Waals surface area contributed by atoms with E-state index in [1.807, 2.05) is 0 Å². The molecule has 0 heterocycles. The molecule has 0 spiro atoms. The Morgan fingerprint density at radius 1 is 1.55 bits per heavy atom. The topological polar surface area (TPSA) is 69.4 Å². The monoisotopic (exact) mass is 179 g/mol. The van der Waals surface area contributed by atoms with Gasteiger partial charge in [-0.05, 0) is 0 Å². The molecular formula is C6H13NO3S. The van der Waals surface area contributed by atoms with Crippen molar-refractivity contribution in [2.24, 2.45) is 5.73 Å². The van der Waals surface area contributed by atoms with Crippen molar-refractivity contribution < 1.29 is 14.3 Å². The van der Waals surface area contributed by atoms with Crippen LogP contribution in [0.15, 0.2) is 0 Å². The molecule has 0 aromatic heterocycles. The van der Waals surface area contributed by atoms with Crippen molar-refractivity contribution >= 4 is 24.5 Å². The van der Waals surface area contributed by atoms with Gasteiger partial charge in [0.05, 0.1) is 13.5 Å². The summed E-state index contributed by atoms with van der Waals surface area (Å²) in [5, 5.41) is 0. The van der Waals surface area contributed by atoms with E-state index in [9.17, 15) is 9.59 Å². The Labute approximate surface area is 71.5 Å². The van der Waals surface area contributed by atoms with Crippen molar-refractivity contribution in [3.63, 3.8) is 0 Å². The van der Waals surface area contributed by atoms with Crippen LogP contribution in [-0.4, -0.2) is 24.7 Å². The number of esters is 1. The van der Waals surface area contributed by atoms with Crippen LogP contribution in [0.3, 0.4) is 0 Å². The van der Waals surface area contributed by atoms with Crippen molar-refractivity contribution in [2.45, 2.75) is 13.3 Å². The van der Waals surface area contributed by atoms with Crippen LogP contribution in [0.25, 0.3) is 0 Å². The smallest absolute Gasteiger partial charge is 0.306 e. The maximum Gasteiger partial charge on any atom is 0.306 e. The molecule has 1 amide bonds. The molecule has 5 heteroatoms. The number of rotatable bonds is 2. The number of carbonyl (C=O) groups is 2. The summed E-state index contributed by atoms with van der Waals surface area (Å²) in [5.74, 6) is 0.0298. The molecule has 0 aliphatic heterocycles. The minimum Gasteiger partial charge on any atom is -0.469 e. The highest BCUT2D eigenvalue weighted by atomic mass is 32.1. The second kappa shape index (κ2) is 9.29. The molecule has 2 N–H and O–H groups in total. The summed E-state index contributed by atoms with van der Waals surface area (Å²) in [6, 6.07) is 0. The van der Waals surface area contributed by atoms with Crippen molar-refractivity contribution in [1.29, 1.82) is 0 Å². The number of carbonyl (C=O) groups excluding carboxylic acids is 2. The van der Waals surface area contributed by atoms with E-state index in [1.54, 1.807) is 0 Å². The van der Waals surface area contributed by atoms with Crippen LogP contribution in [0.4, 0.5) is 0 Å². The lowest BCUT2D eigenvalue weighted by Crippen LogP contribution is -2.01. The van der Waals surface area contributed by atoms with Gasteiger partial charge in [0, 0.05) is 12.7 Å². The number of hydrogen-bond acceptors (Lipinski definition) is 4. The molecule has 0 bridgehead atoms. The van der Waals surface area contributed by atoms with Gasteiger partial charge in [-0.3, -0.25) is 9.59 Å². The van der Waals surface area contributed by atoms with Crippen LogP contribution in [0.1, 0.15) is 13.3 Å². The quantitative estimate of drug-likeness (QED) is 0.462. The molecule has 0 atom stereocenters. The molecular weight excluding hydrogens is 166 g/mol. The van der Waals surface area contributed by atoms with Gasteiger partial charge in [0.25, 0.3) is 0 Å². The normalized spacial score (nSPS) is 7.55. The first-order valence-corrected chi connectivity index (χ1v) is 3.61. The lowest BCUT2D eigenvalue weighted by atomic mass is 10.5. The summed E-state index contributed by atoms with van der Waals surface area (Å²) in [7, 11) is 1.37. The van der Waals surface area contributed by atoms with Crippen LogP contribution in [0.2, 0.25) is 0 Å². The van der Waals surface area contributed by atoms with E-state index in [4.69, 9.17) is 0 Å². The number of nitrogens with two attached hydrogens (primary N) is 1. The fourth-order valence-electron chi connectivity index (χ4n) is 0.193. The molecule has 0 aliphatic carbocycles. The van der Waals surface area contributed by atoms with Crippen molar-refractivity contribution in [2.75, 3.05) is 12.9 Å². The Morgan fingerprint density at radius 3 is 2.00 bits per heavy atom. The SMILES string of the molecule is CC(N)=O.COC(=O)CCS. The number of thiol groups is 1. The first kappa shape index (κ1) is 12.9. The fraction of sp³-hybridized carbons (Fsp3) is 0.667. The zero-order valence-corrected chi connectivity index (χ0v) is 7.56. The van der Waals surface area contributed by atoms with Gasteiger partial charge in [0.2, 0.25) is 5.91 Å². The van der Waals surface area contributed by atoms with Crippen molar-refractivity contribution in [3.8, 4) is 0 Å². The lowest BCUT2D eigenvalue weighted by Gasteiger charge is -1.90. The highest BCUT2D eigenvalue weighted by Gasteiger charge is 1.93.